The van der Waals surface area contributed by atoms with E-state index >= 15 is 0 Å². The summed E-state index contributed by atoms with van der Waals surface area (Å²) in [6.45, 7) is 3.69. The third-order valence-electron chi connectivity index (χ3n) is 2.67. The number of unbranched alkanes of at least 4 members (excludes halogenated alkanes) is 8. The Balaban J connectivity index is 0. The molecule has 114 valence electrons. The van der Waals surface area contributed by atoms with Gasteiger partial charge >= 0.3 is 0 Å². The Hall–Kier alpha value is -0.830. The van der Waals surface area contributed by atoms with Crippen molar-refractivity contribution in [1.82, 2.24) is 0 Å². The molecule has 0 rings (SSSR count). The van der Waals surface area contributed by atoms with Crippen molar-refractivity contribution in [2.45, 2.75) is 78.1 Å². The van der Waals surface area contributed by atoms with Gasteiger partial charge in [-0.15, -0.1) is 0 Å². The van der Waals surface area contributed by atoms with Gasteiger partial charge in [-0.1, -0.05) is 51.2 Å². The topological polar surface area (TPSA) is 57.5 Å². The summed E-state index contributed by atoms with van der Waals surface area (Å²) in [5.41, 5.74) is 0. The fraction of sp³-hybridized carbons (Fsp3) is 0.812. The molecule has 3 heteroatoms. The molecule has 0 spiro atoms. The Kier molecular flexibility index (Phi) is 21.0. The summed E-state index contributed by atoms with van der Waals surface area (Å²) in [6, 6.07) is 0. The van der Waals surface area contributed by atoms with Gasteiger partial charge in [0, 0.05) is 13.5 Å². The van der Waals surface area contributed by atoms with Crippen LogP contribution in [-0.4, -0.2) is 22.8 Å². The maximum atomic E-state index is 9.00. The van der Waals surface area contributed by atoms with E-state index in [9.17, 15) is 0 Å². The van der Waals surface area contributed by atoms with Gasteiger partial charge in [0.15, 0.2) is 0 Å². The van der Waals surface area contributed by atoms with Crippen molar-refractivity contribution < 1.29 is 15.0 Å². The molecule has 0 atom stereocenters. The third-order valence-corrected chi connectivity index (χ3v) is 2.67. The number of hydrogen-bond donors (Lipinski definition) is 2. The molecule has 0 aliphatic carbocycles. The molecule has 0 aromatic carbocycles. The second-order valence-corrected chi connectivity index (χ2v) is 4.77. The van der Waals surface area contributed by atoms with Gasteiger partial charge in [-0.25, -0.2) is 0 Å². The van der Waals surface area contributed by atoms with E-state index in [-0.39, 0.29) is 0 Å². The lowest BCUT2D eigenvalue weighted by Gasteiger charge is -1.96. The van der Waals surface area contributed by atoms with Crippen LogP contribution in [0.1, 0.15) is 78.1 Å². The molecule has 0 fully saturated rings. The quantitative estimate of drug-likeness (QED) is 0.428. The van der Waals surface area contributed by atoms with Crippen LogP contribution in [0.5, 0.6) is 0 Å². The van der Waals surface area contributed by atoms with Crippen molar-refractivity contribution >= 4 is 5.97 Å². The molecule has 2 N–H and O–H groups in total. The highest BCUT2D eigenvalue weighted by atomic mass is 16.4. The minimum Gasteiger partial charge on any atom is -0.481 e. The highest BCUT2D eigenvalue weighted by Gasteiger charge is 1.87. The van der Waals surface area contributed by atoms with Crippen LogP contribution in [-0.2, 0) is 4.79 Å². The van der Waals surface area contributed by atoms with Crippen molar-refractivity contribution in [3.63, 3.8) is 0 Å². The Morgan fingerprint density at radius 1 is 0.895 bits per heavy atom. The van der Waals surface area contributed by atoms with Crippen molar-refractivity contribution in [2.75, 3.05) is 6.61 Å². The van der Waals surface area contributed by atoms with E-state index in [1.807, 2.05) is 0 Å². The maximum Gasteiger partial charge on any atom is 0.300 e. The predicted molar refractivity (Wildman–Crippen MR) is 81.4 cm³/mol. The molecule has 3 nitrogen and oxygen atoms in total. The van der Waals surface area contributed by atoms with Crippen LogP contribution in [0.3, 0.4) is 0 Å². The Labute approximate surface area is 118 Å². The number of rotatable bonds is 11. The van der Waals surface area contributed by atoms with Crippen LogP contribution >= 0.6 is 0 Å². The van der Waals surface area contributed by atoms with E-state index in [1.165, 1.54) is 57.8 Å². The number of aliphatic hydroxyl groups is 1. The summed E-state index contributed by atoms with van der Waals surface area (Å²) in [7, 11) is 0. The molecule has 0 saturated heterocycles. The minimum atomic E-state index is -0.833. The van der Waals surface area contributed by atoms with E-state index in [1.54, 1.807) is 0 Å². The molecule has 0 radical (unpaired) electrons. The number of aliphatic carboxylic acids is 1. The molecule has 19 heavy (non-hydrogen) atoms. The molecular weight excluding hydrogens is 240 g/mol. The van der Waals surface area contributed by atoms with Gasteiger partial charge < -0.3 is 10.2 Å². The van der Waals surface area contributed by atoms with Gasteiger partial charge in [-0.3, -0.25) is 4.79 Å². The summed E-state index contributed by atoms with van der Waals surface area (Å²) in [6.07, 6.45) is 17.3. The fourth-order valence-corrected chi connectivity index (χ4v) is 1.65. The molecule has 0 unspecified atom stereocenters. The van der Waals surface area contributed by atoms with Crippen LogP contribution < -0.4 is 0 Å². The average Bonchev–Trinajstić information content (AvgIpc) is 2.35. The van der Waals surface area contributed by atoms with E-state index in [2.05, 4.69) is 19.1 Å². The van der Waals surface area contributed by atoms with E-state index in [0.717, 1.165) is 13.3 Å². The lowest BCUT2D eigenvalue weighted by molar-refractivity contribution is -0.134. The first-order valence-electron chi connectivity index (χ1n) is 7.60. The van der Waals surface area contributed by atoms with Gasteiger partial charge in [-0.2, -0.15) is 0 Å². The van der Waals surface area contributed by atoms with Crippen molar-refractivity contribution in [3.8, 4) is 0 Å². The average molecular weight is 272 g/mol. The first kappa shape index (κ1) is 20.5. The van der Waals surface area contributed by atoms with E-state index < -0.39 is 5.97 Å². The first-order chi connectivity index (χ1) is 9.15. The lowest BCUT2D eigenvalue weighted by Crippen LogP contribution is -1.82. The molecule has 0 aromatic rings. The van der Waals surface area contributed by atoms with Crippen molar-refractivity contribution in [2.24, 2.45) is 0 Å². The number of carboxylic acids is 1. The van der Waals surface area contributed by atoms with E-state index in [0.29, 0.717) is 6.61 Å². The number of carboxylic acid groups (broad SMARTS) is 1. The van der Waals surface area contributed by atoms with Crippen LogP contribution in [0.25, 0.3) is 0 Å². The Morgan fingerprint density at radius 3 is 1.74 bits per heavy atom. The van der Waals surface area contributed by atoms with Crippen LogP contribution in [0.4, 0.5) is 0 Å². The standard InChI is InChI=1S/C14H28O.C2H4O2/c1-2-3-4-5-6-7-8-9-10-11-12-13-14-15;1-2(3)4/h7-8,15H,2-6,9-14H2,1H3;1H3,(H,3,4)/b8-7-;. The van der Waals surface area contributed by atoms with Crippen LogP contribution in [0.2, 0.25) is 0 Å². The largest absolute Gasteiger partial charge is 0.481 e. The van der Waals surface area contributed by atoms with Crippen molar-refractivity contribution in [3.05, 3.63) is 12.2 Å². The summed E-state index contributed by atoms with van der Waals surface area (Å²) < 4.78 is 0. The number of aliphatic hydroxyl groups excluding tert-OH is 1. The maximum absolute atomic E-state index is 9.00. The number of allylic oxidation sites excluding steroid dienone is 2. The normalized spacial score (nSPS) is 10.3. The zero-order valence-electron chi connectivity index (χ0n) is 12.7. The zero-order chi connectivity index (χ0) is 14.8. The molecule has 0 heterocycles. The van der Waals surface area contributed by atoms with Gasteiger partial charge in [0.25, 0.3) is 5.97 Å². The highest BCUT2D eigenvalue weighted by Crippen LogP contribution is 2.06. The summed E-state index contributed by atoms with van der Waals surface area (Å²) in [5, 5.41) is 16.0. The van der Waals surface area contributed by atoms with Crippen LogP contribution in [0.15, 0.2) is 12.2 Å². The monoisotopic (exact) mass is 272 g/mol. The highest BCUT2D eigenvalue weighted by molar-refractivity contribution is 5.62. The summed E-state index contributed by atoms with van der Waals surface area (Å²) in [4.78, 5) is 9.00. The molecule has 0 amide bonds. The smallest absolute Gasteiger partial charge is 0.300 e. The molecule has 0 aromatic heterocycles. The molecule has 0 saturated carbocycles. The number of carbonyl (C=O) groups is 1. The Morgan fingerprint density at radius 2 is 1.32 bits per heavy atom. The summed E-state index contributed by atoms with van der Waals surface area (Å²) >= 11 is 0. The Bertz CT molecular complexity index is 196. The lowest BCUT2D eigenvalue weighted by atomic mass is 10.1. The second kappa shape index (κ2) is 19.5. The second-order valence-electron chi connectivity index (χ2n) is 4.77. The van der Waals surface area contributed by atoms with E-state index in [4.69, 9.17) is 15.0 Å². The predicted octanol–water partition coefficient (Wildman–Crippen LogP) is 4.55. The SMILES string of the molecule is CC(=O)O.CCCCCC/C=C\CCCCCCO. The molecule has 0 aliphatic heterocycles. The van der Waals surface area contributed by atoms with Crippen LogP contribution in [0, 0.1) is 0 Å². The van der Waals surface area contributed by atoms with Gasteiger partial charge in [0.05, 0.1) is 0 Å². The van der Waals surface area contributed by atoms with Gasteiger partial charge in [-0.05, 0) is 32.1 Å². The first-order valence-corrected chi connectivity index (χ1v) is 7.60. The van der Waals surface area contributed by atoms with Crippen molar-refractivity contribution in [1.29, 1.82) is 0 Å². The molecular formula is C16H32O3. The zero-order valence-corrected chi connectivity index (χ0v) is 12.7. The molecule has 0 bridgehead atoms. The van der Waals surface area contributed by atoms with Gasteiger partial charge in [0.1, 0.15) is 0 Å². The van der Waals surface area contributed by atoms with Gasteiger partial charge in [0.2, 0.25) is 0 Å². The summed E-state index contributed by atoms with van der Waals surface area (Å²) in [5.74, 6) is -0.833. The fourth-order valence-electron chi connectivity index (χ4n) is 1.65. The third kappa shape index (κ3) is 31.7. The number of hydrogen-bond acceptors (Lipinski definition) is 2. The molecule has 0 aliphatic rings. The minimum absolute atomic E-state index is 0.354.